The van der Waals surface area contributed by atoms with Gasteiger partial charge in [-0.25, -0.2) is 4.98 Å². The van der Waals surface area contributed by atoms with E-state index in [2.05, 4.69) is 4.98 Å². The lowest BCUT2D eigenvalue weighted by Gasteiger charge is -2.17. The summed E-state index contributed by atoms with van der Waals surface area (Å²) in [4.78, 5) is 4.53. The number of aromatic hydroxyl groups is 1. The molecule has 3 rings (SSSR count). The number of phenols is 1. The highest BCUT2D eigenvalue weighted by atomic mass is 16.4. The average molecular weight is 244 g/mol. The van der Waals surface area contributed by atoms with Crippen LogP contribution in [-0.2, 0) is 12.8 Å². The predicted molar refractivity (Wildman–Crippen MR) is 68.2 cm³/mol. The van der Waals surface area contributed by atoms with Gasteiger partial charge in [0.1, 0.15) is 11.5 Å². The third-order valence-corrected chi connectivity index (χ3v) is 3.49. The largest absolute Gasteiger partial charge is 0.508 e. The Morgan fingerprint density at radius 1 is 1.33 bits per heavy atom. The Labute approximate surface area is 105 Å². The molecule has 0 radical (unpaired) electrons. The minimum absolute atomic E-state index is 0.248. The number of hydrogen-bond acceptors (Lipinski definition) is 4. The molecule has 1 aromatic carbocycles. The highest BCUT2D eigenvalue weighted by Gasteiger charge is 2.23. The molecule has 18 heavy (non-hydrogen) atoms. The van der Waals surface area contributed by atoms with Crippen LogP contribution in [0.5, 0.6) is 5.75 Å². The SMILES string of the molecule is NCC1CCc2nc(-c3ccc(O)cc3)oc2C1. The van der Waals surface area contributed by atoms with Gasteiger partial charge in [0.25, 0.3) is 0 Å². The number of nitrogens with two attached hydrogens (primary N) is 1. The van der Waals surface area contributed by atoms with Gasteiger partial charge in [-0.1, -0.05) is 0 Å². The molecule has 1 aromatic heterocycles. The summed E-state index contributed by atoms with van der Waals surface area (Å²) in [5.74, 6) is 2.37. The maximum atomic E-state index is 9.27. The Morgan fingerprint density at radius 3 is 2.83 bits per heavy atom. The molecule has 0 bridgehead atoms. The van der Waals surface area contributed by atoms with Crippen molar-refractivity contribution in [1.82, 2.24) is 4.98 Å². The zero-order valence-corrected chi connectivity index (χ0v) is 10.1. The minimum Gasteiger partial charge on any atom is -0.508 e. The van der Waals surface area contributed by atoms with Crippen LogP contribution >= 0.6 is 0 Å². The predicted octanol–water partition coefficient (Wildman–Crippen LogP) is 2.11. The maximum absolute atomic E-state index is 9.27. The molecule has 0 saturated heterocycles. The number of nitrogens with zero attached hydrogens (tertiary/aromatic N) is 1. The van der Waals surface area contributed by atoms with Crippen molar-refractivity contribution in [2.24, 2.45) is 11.7 Å². The molecular weight excluding hydrogens is 228 g/mol. The Kier molecular flexibility index (Phi) is 2.80. The van der Waals surface area contributed by atoms with E-state index in [0.29, 0.717) is 18.4 Å². The van der Waals surface area contributed by atoms with E-state index < -0.39 is 0 Å². The summed E-state index contributed by atoms with van der Waals surface area (Å²) in [6.45, 7) is 0.703. The zero-order valence-electron chi connectivity index (χ0n) is 10.1. The zero-order chi connectivity index (χ0) is 12.5. The number of oxazole rings is 1. The summed E-state index contributed by atoms with van der Waals surface area (Å²) >= 11 is 0. The van der Waals surface area contributed by atoms with E-state index in [0.717, 1.165) is 36.3 Å². The van der Waals surface area contributed by atoms with Gasteiger partial charge in [0, 0.05) is 12.0 Å². The summed E-state index contributed by atoms with van der Waals surface area (Å²) in [6.07, 6.45) is 2.92. The average Bonchev–Trinajstić information content (AvgIpc) is 2.82. The fourth-order valence-electron chi connectivity index (χ4n) is 2.37. The Bertz CT molecular complexity index is 545. The fourth-order valence-corrected chi connectivity index (χ4v) is 2.37. The van der Waals surface area contributed by atoms with Crippen molar-refractivity contribution in [1.29, 1.82) is 0 Å². The molecule has 1 unspecified atom stereocenters. The molecule has 0 aliphatic heterocycles. The van der Waals surface area contributed by atoms with E-state index in [1.54, 1.807) is 12.1 Å². The van der Waals surface area contributed by atoms with Gasteiger partial charge in [-0.2, -0.15) is 0 Å². The molecule has 1 aliphatic rings. The summed E-state index contributed by atoms with van der Waals surface area (Å²) < 4.78 is 5.82. The lowest BCUT2D eigenvalue weighted by atomic mass is 9.91. The molecule has 1 atom stereocenters. The summed E-state index contributed by atoms with van der Waals surface area (Å²) in [5, 5.41) is 9.27. The van der Waals surface area contributed by atoms with Crippen LogP contribution in [0.3, 0.4) is 0 Å². The summed E-state index contributed by atoms with van der Waals surface area (Å²) in [6, 6.07) is 6.91. The molecular formula is C14H16N2O2. The first-order chi connectivity index (χ1) is 8.76. The topological polar surface area (TPSA) is 72.3 Å². The van der Waals surface area contributed by atoms with Gasteiger partial charge in [-0.05, 0) is 49.6 Å². The molecule has 1 heterocycles. The third-order valence-electron chi connectivity index (χ3n) is 3.49. The van der Waals surface area contributed by atoms with Crippen molar-refractivity contribution in [3.8, 4) is 17.2 Å². The molecule has 0 fully saturated rings. The maximum Gasteiger partial charge on any atom is 0.226 e. The third kappa shape index (κ3) is 1.99. The van der Waals surface area contributed by atoms with Crippen LogP contribution in [0.4, 0.5) is 0 Å². The molecule has 94 valence electrons. The number of phenolic OH excluding ortho intramolecular Hbond substituents is 1. The second-order valence-electron chi connectivity index (χ2n) is 4.78. The van der Waals surface area contributed by atoms with Crippen molar-refractivity contribution in [3.05, 3.63) is 35.7 Å². The van der Waals surface area contributed by atoms with Crippen LogP contribution in [0.1, 0.15) is 17.9 Å². The van der Waals surface area contributed by atoms with Gasteiger partial charge < -0.3 is 15.3 Å². The van der Waals surface area contributed by atoms with E-state index in [4.69, 9.17) is 10.2 Å². The van der Waals surface area contributed by atoms with Gasteiger partial charge in [0.15, 0.2) is 0 Å². The lowest BCUT2D eigenvalue weighted by molar-refractivity contribution is 0.401. The van der Waals surface area contributed by atoms with Crippen molar-refractivity contribution < 1.29 is 9.52 Å². The summed E-state index contributed by atoms with van der Waals surface area (Å²) in [7, 11) is 0. The highest BCUT2D eigenvalue weighted by Crippen LogP contribution is 2.30. The van der Waals surface area contributed by atoms with Crippen LogP contribution in [-0.4, -0.2) is 16.6 Å². The number of hydrogen-bond donors (Lipinski definition) is 2. The van der Waals surface area contributed by atoms with Crippen molar-refractivity contribution in [3.63, 3.8) is 0 Å². The van der Waals surface area contributed by atoms with Crippen LogP contribution in [0.2, 0.25) is 0 Å². The fraction of sp³-hybridized carbons (Fsp3) is 0.357. The Balaban J connectivity index is 1.91. The quantitative estimate of drug-likeness (QED) is 0.848. The van der Waals surface area contributed by atoms with Crippen LogP contribution in [0, 0.1) is 5.92 Å². The molecule has 2 aromatic rings. The first-order valence-electron chi connectivity index (χ1n) is 6.24. The Morgan fingerprint density at radius 2 is 2.11 bits per heavy atom. The monoisotopic (exact) mass is 244 g/mol. The van der Waals surface area contributed by atoms with Crippen molar-refractivity contribution in [2.75, 3.05) is 6.54 Å². The molecule has 4 heteroatoms. The number of aromatic nitrogens is 1. The first kappa shape index (κ1) is 11.3. The normalized spacial score (nSPS) is 18.6. The van der Waals surface area contributed by atoms with Gasteiger partial charge in [0.2, 0.25) is 5.89 Å². The standard InChI is InChI=1S/C14H16N2O2/c15-8-9-1-6-12-13(7-9)18-14(16-12)10-2-4-11(17)5-3-10/h2-5,9,17H,1,6-8,15H2. The highest BCUT2D eigenvalue weighted by molar-refractivity contribution is 5.55. The summed E-state index contributed by atoms with van der Waals surface area (Å²) in [5.41, 5.74) is 7.66. The van der Waals surface area contributed by atoms with E-state index in [1.165, 1.54) is 0 Å². The van der Waals surface area contributed by atoms with E-state index in [9.17, 15) is 5.11 Å². The number of benzene rings is 1. The molecule has 3 N–H and O–H groups in total. The van der Waals surface area contributed by atoms with Crippen LogP contribution < -0.4 is 5.73 Å². The molecule has 0 saturated carbocycles. The second-order valence-corrected chi connectivity index (χ2v) is 4.78. The minimum atomic E-state index is 0.248. The van der Waals surface area contributed by atoms with E-state index in [-0.39, 0.29) is 5.75 Å². The smallest absolute Gasteiger partial charge is 0.226 e. The van der Waals surface area contributed by atoms with Gasteiger partial charge in [-0.3, -0.25) is 0 Å². The van der Waals surface area contributed by atoms with Crippen LogP contribution in [0.25, 0.3) is 11.5 Å². The van der Waals surface area contributed by atoms with E-state index >= 15 is 0 Å². The first-order valence-corrected chi connectivity index (χ1v) is 6.24. The lowest BCUT2D eigenvalue weighted by Crippen LogP contribution is -2.21. The van der Waals surface area contributed by atoms with E-state index in [1.807, 2.05) is 12.1 Å². The van der Waals surface area contributed by atoms with Gasteiger partial charge in [0.05, 0.1) is 5.69 Å². The number of rotatable bonds is 2. The van der Waals surface area contributed by atoms with Gasteiger partial charge in [-0.15, -0.1) is 0 Å². The van der Waals surface area contributed by atoms with Crippen molar-refractivity contribution >= 4 is 0 Å². The molecule has 4 nitrogen and oxygen atoms in total. The van der Waals surface area contributed by atoms with Crippen LogP contribution in [0.15, 0.2) is 28.7 Å². The number of aryl methyl sites for hydroxylation is 1. The molecule has 0 spiro atoms. The molecule has 1 aliphatic carbocycles. The Hall–Kier alpha value is -1.81. The number of fused-ring (bicyclic) bond motifs is 1. The van der Waals surface area contributed by atoms with Crippen molar-refractivity contribution in [2.45, 2.75) is 19.3 Å². The van der Waals surface area contributed by atoms with Gasteiger partial charge >= 0.3 is 0 Å². The molecule has 0 amide bonds. The second kappa shape index (κ2) is 4.46.